The molecule has 0 unspecified atom stereocenters. The third-order valence-corrected chi connectivity index (χ3v) is 8.94. The number of halogens is 1. The highest BCUT2D eigenvalue weighted by atomic mass is 35.5. The second-order valence-corrected chi connectivity index (χ2v) is 12.5. The molecule has 0 radical (unpaired) electrons. The minimum absolute atomic E-state index is 0. The van der Waals surface area contributed by atoms with Gasteiger partial charge >= 0.3 is 11.3 Å². The SMILES string of the molecule is OC[C@H]1O[C@H](Oc2cc(O)cc3[o+]c(-c4ccc(O)c(O)c4)c(O[C@@H]4O[C@H](CO)[C@@H](O)[C@H](O)[C@H]4O[C@@H]4OC[C@@H](O)[C@H](O)[C@H]4O)cc23)[C@H](O)[C@@H](O)[C@@H]1O.[Cl-]. The molecule has 1 aromatic heterocycles. The molecule has 4 heterocycles. The molecule has 2 aromatic carbocycles. The number of benzene rings is 2. The molecule has 53 heavy (non-hydrogen) atoms. The van der Waals surface area contributed by atoms with Crippen LogP contribution in [0.3, 0.4) is 0 Å². The summed E-state index contributed by atoms with van der Waals surface area (Å²) in [7, 11) is 0. The van der Waals surface area contributed by atoms with E-state index >= 15 is 0 Å². The van der Waals surface area contributed by atoms with Crippen molar-refractivity contribution in [3.8, 4) is 40.1 Å². The van der Waals surface area contributed by atoms with Crippen LogP contribution in [0.4, 0.5) is 0 Å². The predicted molar refractivity (Wildman–Crippen MR) is 166 cm³/mol. The minimum atomic E-state index is -1.89. The molecule has 13 N–H and O–H groups in total. The third-order valence-electron chi connectivity index (χ3n) is 8.94. The minimum Gasteiger partial charge on any atom is -1.00 e. The largest absolute Gasteiger partial charge is 1.00 e. The first-order valence-electron chi connectivity index (χ1n) is 16.0. The van der Waals surface area contributed by atoms with E-state index in [4.69, 9.17) is 32.8 Å². The van der Waals surface area contributed by atoms with Crippen molar-refractivity contribution < 1.29 is 112 Å². The Kier molecular flexibility index (Phi) is 12.7. The topological polar surface area (TPSA) is 330 Å². The van der Waals surface area contributed by atoms with Crippen LogP contribution in [-0.2, 0) is 18.9 Å². The highest BCUT2D eigenvalue weighted by Crippen LogP contribution is 2.43. The van der Waals surface area contributed by atoms with Gasteiger partial charge in [0.25, 0.3) is 0 Å². The zero-order valence-corrected chi connectivity index (χ0v) is 28.0. The first kappa shape index (κ1) is 40.8. The van der Waals surface area contributed by atoms with Gasteiger partial charge in [-0.2, -0.15) is 0 Å². The fourth-order valence-corrected chi connectivity index (χ4v) is 5.99. The average Bonchev–Trinajstić information content (AvgIpc) is 3.12. The van der Waals surface area contributed by atoms with Crippen molar-refractivity contribution in [2.24, 2.45) is 0 Å². The van der Waals surface area contributed by atoms with E-state index in [2.05, 4.69) is 0 Å². The summed E-state index contributed by atoms with van der Waals surface area (Å²) in [5, 5.41) is 134. The van der Waals surface area contributed by atoms with Gasteiger partial charge in [0.1, 0.15) is 77.9 Å². The quantitative estimate of drug-likeness (QED) is 0.0709. The van der Waals surface area contributed by atoms with Crippen molar-refractivity contribution in [3.05, 3.63) is 36.4 Å². The number of hydrogen-bond donors (Lipinski definition) is 13. The summed E-state index contributed by atoms with van der Waals surface area (Å²) in [6.07, 6.45) is -23.8. The predicted octanol–water partition coefficient (Wildman–Crippen LogP) is -6.68. The zero-order valence-electron chi connectivity index (χ0n) is 27.2. The van der Waals surface area contributed by atoms with Gasteiger partial charge in [0.2, 0.25) is 18.3 Å². The molecule has 3 fully saturated rings. The smallest absolute Gasteiger partial charge is 0.402 e. The van der Waals surface area contributed by atoms with Crippen molar-refractivity contribution >= 4 is 11.0 Å². The van der Waals surface area contributed by atoms with Gasteiger partial charge in [0, 0.05) is 18.2 Å². The van der Waals surface area contributed by atoms with Crippen molar-refractivity contribution in [2.75, 3.05) is 19.8 Å². The summed E-state index contributed by atoms with van der Waals surface area (Å²) in [6, 6.07) is 6.98. The van der Waals surface area contributed by atoms with Gasteiger partial charge in [-0.25, -0.2) is 4.42 Å². The molecule has 0 spiro atoms. The van der Waals surface area contributed by atoms with E-state index in [1.165, 1.54) is 12.1 Å². The van der Waals surface area contributed by atoms with Gasteiger partial charge < -0.3 is 107 Å². The summed E-state index contributed by atoms with van der Waals surface area (Å²) in [5.41, 5.74) is -0.0653. The molecule has 0 bridgehead atoms. The number of rotatable bonds is 9. The van der Waals surface area contributed by atoms with Crippen LogP contribution in [0.1, 0.15) is 0 Å². The van der Waals surface area contributed by atoms with E-state index in [1.807, 2.05) is 0 Å². The maximum atomic E-state index is 11.1. The van der Waals surface area contributed by atoms with Crippen LogP contribution in [0, 0.1) is 0 Å². The van der Waals surface area contributed by atoms with E-state index in [0.29, 0.717) is 0 Å². The first-order chi connectivity index (χ1) is 24.7. The Hall–Kier alpha value is -3.42. The normalized spacial score (nSPS) is 36.1. The molecule has 14 atom stereocenters. The van der Waals surface area contributed by atoms with E-state index in [-0.39, 0.29) is 46.2 Å². The van der Waals surface area contributed by atoms with E-state index in [9.17, 15) is 66.4 Å². The van der Waals surface area contributed by atoms with E-state index in [0.717, 1.165) is 24.3 Å². The lowest BCUT2D eigenvalue weighted by Gasteiger charge is -2.44. The molecule has 0 aliphatic carbocycles. The summed E-state index contributed by atoms with van der Waals surface area (Å²) in [4.78, 5) is 0. The van der Waals surface area contributed by atoms with Gasteiger partial charge in [-0.15, -0.1) is 0 Å². The van der Waals surface area contributed by atoms with Crippen LogP contribution in [0.5, 0.6) is 28.7 Å². The summed E-state index contributed by atoms with van der Waals surface area (Å²) >= 11 is 0. The Labute approximate surface area is 304 Å². The maximum Gasteiger partial charge on any atom is 0.402 e. The number of phenols is 3. The van der Waals surface area contributed by atoms with Crippen LogP contribution in [0.15, 0.2) is 40.8 Å². The van der Waals surface area contributed by atoms with Crippen molar-refractivity contribution in [2.45, 2.75) is 86.0 Å². The molecule has 20 nitrogen and oxygen atoms in total. The molecular formula is C32H39ClO20. The fraction of sp³-hybridized carbons (Fsp3) is 0.531. The summed E-state index contributed by atoms with van der Waals surface area (Å²) in [6.45, 7) is -2.07. The highest BCUT2D eigenvalue weighted by molar-refractivity contribution is 5.89. The molecule has 21 heteroatoms. The van der Waals surface area contributed by atoms with Gasteiger partial charge in [0.15, 0.2) is 23.9 Å². The molecule has 3 aromatic rings. The molecule has 294 valence electrons. The Morgan fingerprint density at radius 1 is 0.642 bits per heavy atom. The molecule has 3 saturated heterocycles. The average molecular weight is 779 g/mol. The van der Waals surface area contributed by atoms with Crippen LogP contribution in [0.25, 0.3) is 22.3 Å². The standard InChI is InChI=1S/C32H38O20.ClH/c33-7-19-22(40)24(42)27(45)31(50-19)48-17-5-11(35)4-16-12(17)6-18(28(47-16)10-1-2-13(36)14(37)3-10)49-32-29(25(43)23(41)20(8-34)51-32)52-30-26(44)21(39)15(38)9-46-30;/h1-6,15,19-27,29-34,38-45H,7-9H2,(H2-,35,36,37);1H/t15-,19-,20-,21+,22-,23-,24+,25+,26-,27-,29-,30+,31+,32-;/m1./s1. The van der Waals surface area contributed by atoms with Gasteiger partial charge in [-0.3, -0.25) is 0 Å². The third kappa shape index (κ3) is 8.03. The molecular weight excluding hydrogens is 740 g/mol. The molecule has 3 aliphatic rings. The monoisotopic (exact) mass is 778 g/mol. The molecule has 0 amide bonds. The Balaban J connectivity index is 0.00000541. The van der Waals surface area contributed by atoms with E-state index in [1.54, 1.807) is 0 Å². The number of hydrogen-bond acceptors (Lipinski definition) is 19. The first-order valence-corrected chi connectivity index (χ1v) is 16.0. The number of aromatic hydroxyl groups is 3. The number of aliphatic hydroxyl groups is 10. The highest BCUT2D eigenvalue weighted by Gasteiger charge is 2.51. The van der Waals surface area contributed by atoms with Crippen molar-refractivity contribution in [3.63, 3.8) is 0 Å². The van der Waals surface area contributed by atoms with Gasteiger partial charge in [0.05, 0.1) is 31.5 Å². The Morgan fingerprint density at radius 2 is 1.26 bits per heavy atom. The lowest BCUT2D eigenvalue weighted by Crippen LogP contribution is -3.00. The van der Waals surface area contributed by atoms with E-state index < -0.39 is 123 Å². The number of fused-ring (bicyclic) bond motifs is 1. The van der Waals surface area contributed by atoms with Crippen LogP contribution < -0.4 is 21.9 Å². The van der Waals surface area contributed by atoms with Gasteiger partial charge in [-0.1, -0.05) is 0 Å². The Morgan fingerprint density at radius 3 is 1.92 bits per heavy atom. The summed E-state index contributed by atoms with van der Waals surface area (Å²) in [5.74, 6) is -2.30. The second-order valence-electron chi connectivity index (χ2n) is 12.5. The van der Waals surface area contributed by atoms with Crippen LogP contribution in [0.2, 0.25) is 0 Å². The van der Waals surface area contributed by atoms with Crippen molar-refractivity contribution in [1.82, 2.24) is 0 Å². The van der Waals surface area contributed by atoms with Crippen LogP contribution >= 0.6 is 0 Å². The Bertz CT molecular complexity index is 1710. The summed E-state index contributed by atoms with van der Waals surface area (Å²) < 4.78 is 40.3. The molecule has 0 saturated carbocycles. The zero-order chi connectivity index (χ0) is 37.6. The maximum absolute atomic E-state index is 11.1. The second kappa shape index (κ2) is 16.5. The number of ether oxygens (including phenoxy) is 6. The fourth-order valence-electron chi connectivity index (χ4n) is 5.99. The molecule has 6 rings (SSSR count). The number of phenolic OH excluding ortho intramolecular Hbond substituents is 3. The number of aliphatic hydroxyl groups excluding tert-OH is 10. The lowest BCUT2D eigenvalue weighted by atomic mass is 9.98. The van der Waals surface area contributed by atoms with Crippen LogP contribution in [-0.4, -0.2) is 172 Å². The molecule has 3 aliphatic heterocycles. The van der Waals surface area contributed by atoms with Crippen molar-refractivity contribution in [1.29, 1.82) is 0 Å². The van der Waals surface area contributed by atoms with Gasteiger partial charge in [-0.05, 0) is 12.1 Å². The lowest BCUT2D eigenvalue weighted by molar-refractivity contribution is -0.344.